The maximum atomic E-state index is 3.72. The molecular formula is C44H42N2. The van der Waals surface area contributed by atoms with Crippen molar-refractivity contribution in [2.75, 3.05) is 6.54 Å². The highest BCUT2D eigenvalue weighted by molar-refractivity contribution is 6.10. The Hall–Kier alpha value is -4.82. The van der Waals surface area contributed by atoms with Crippen LogP contribution in [0.2, 0.25) is 0 Å². The summed E-state index contributed by atoms with van der Waals surface area (Å²) in [4.78, 5) is 0. The summed E-state index contributed by atoms with van der Waals surface area (Å²) >= 11 is 0. The predicted octanol–water partition coefficient (Wildman–Crippen LogP) is 11.5. The number of dihydropyridines is 1. The molecule has 0 unspecified atom stereocenters. The first-order valence-corrected chi connectivity index (χ1v) is 17.1. The van der Waals surface area contributed by atoms with E-state index in [4.69, 9.17) is 0 Å². The lowest BCUT2D eigenvalue weighted by Crippen LogP contribution is -2.20. The van der Waals surface area contributed by atoms with Gasteiger partial charge in [0.1, 0.15) is 0 Å². The van der Waals surface area contributed by atoms with Gasteiger partial charge in [-0.2, -0.15) is 0 Å². The Labute approximate surface area is 273 Å². The van der Waals surface area contributed by atoms with Crippen LogP contribution in [-0.4, -0.2) is 11.1 Å². The molecule has 2 heteroatoms. The van der Waals surface area contributed by atoms with Crippen LogP contribution in [0.3, 0.4) is 0 Å². The number of nitrogens with zero attached hydrogens (tertiary/aromatic N) is 1. The summed E-state index contributed by atoms with van der Waals surface area (Å²) in [5.41, 5.74) is 17.1. The maximum Gasteiger partial charge on any atom is 0.0541 e. The van der Waals surface area contributed by atoms with Gasteiger partial charge in [0.2, 0.25) is 0 Å². The summed E-state index contributed by atoms with van der Waals surface area (Å²) in [7, 11) is 0. The molecule has 8 rings (SSSR count). The molecule has 5 aromatic carbocycles. The molecule has 1 aliphatic carbocycles. The number of rotatable bonds is 7. The summed E-state index contributed by atoms with van der Waals surface area (Å²) in [6, 6.07) is 39.0. The fraction of sp³-hybridized carbons (Fsp3) is 0.227. The molecule has 2 nitrogen and oxygen atoms in total. The van der Waals surface area contributed by atoms with Gasteiger partial charge in [0.05, 0.1) is 11.0 Å². The first-order chi connectivity index (χ1) is 22.6. The lowest BCUT2D eigenvalue weighted by molar-refractivity contribution is 0.419. The Morgan fingerprint density at radius 2 is 1.50 bits per heavy atom. The summed E-state index contributed by atoms with van der Waals surface area (Å²) in [6.07, 6.45) is 10.6. The van der Waals surface area contributed by atoms with E-state index in [-0.39, 0.29) is 0 Å². The standard InChI is InChI=1S/C44H42N2/c1-4-11-31-13-5-6-16-36(31)39-26-33(20-19-29(39)2)34-21-24-43-40(27-34)38-17-7-8-18-42(38)46(43)35-22-23-37(32-14-9-15-32)41(28-35)44-30(3)12-10-25-45-44/h5-8,10,12-13,16-24,26-28,32,45H,4,9,11,14-15,25H2,1-3H3. The van der Waals surface area contributed by atoms with Gasteiger partial charge < -0.3 is 9.88 Å². The number of fused-ring (bicyclic) bond motifs is 3. The monoisotopic (exact) mass is 598 g/mol. The molecule has 0 radical (unpaired) electrons. The second-order valence-corrected chi connectivity index (χ2v) is 13.3. The number of hydrogen-bond acceptors (Lipinski definition) is 1. The molecule has 1 fully saturated rings. The van der Waals surface area contributed by atoms with Crippen LogP contribution in [0.4, 0.5) is 0 Å². The van der Waals surface area contributed by atoms with Crippen LogP contribution in [0.5, 0.6) is 0 Å². The molecule has 6 aromatic rings. The van der Waals surface area contributed by atoms with E-state index in [1.165, 1.54) is 103 Å². The van der Waals surface area contributed by atoms with E-state index in [0.717, 1.165) is 19.4 Å². The molecule has 2 heterocycles. The number of aromatic nitrogens is 1. The van der Waals surface area contributed by atoms with E-state index < -0.39 is 0 Å². The average molecular weight is 599 g/mol. The fourth-order valence-electron chi connectivity index (χ4n) is 7.69. The molecule has 228 valence electrons. The largest absolute Gasteiger partial charge is 0.381 e. The van der Waals surface area contributed by atoms with Crippen LogP contribution in [0, 0.1) is 6.92 Å². The van der Waals surface area contributed by atoms with Crippen molar-refractivity contribution >= 4 is 27.5 Å². The van der Waals surface area contributed by atoms with Crippen LogP contribution in [0.25, 0.3) is 55.4 Å². The molecule has 0 amide bonds. The van der Waals surface area contributed by atoms with Crippen molar-refractivity contribution < 1.29 is 0 Å². The number of benzene rings is 5. The van der Waals surface area contributed by atoms with E-state index in [1.807, 2.05) is 0 Å². The van der Waals surface area contributed by atoms with Gasteiger partial charge in [-0.3, -0.25) is 0 Å². The van der Waals surface area contributed by atoms with E-state index in [1.54, 1.807) is 0 Å². The van der Waals surface area contributed by atoms with Crippen molar-refractivity contribution in [2.24, 2.45) is 0 Å². The van der Waals surface area contributed by atoms with E-state index in [0.29, 0.717) is 5.92 Å². The number of hydrogen-bond donors (Lipinski definition) is 1. The smallest absolute Gasteiger partial charge is 0.0541 e. The zero-order valence-electron chi connectivity index (χ0n) is 27.2. The lowest BCUT2D eigenvalue weighted by atomic mass is 9.77. The van der Waals surface area contributed by atoms with Gasteiger partial charge in [-0.05, 0) is 120 Å². The molecule has 0 bridgehead atoms. The summed E-state index contributed by atoms with van der Waals surface area (Å²) in [5.74, 6) is 0.658. The van der Waals surface area contributed by atoms with Crippen LogP contribution in [0.1, 0.15) is 67.7 Å². The molecular weight excluding hydrogens is 556 g/mol. The van der Waals surface area contributed by atoms with Crippen molar-refractivity contribution in [3.05, 3.63) is 143 Å². The number of para-hydroxylation sites is 1. The van der Waals surface area contributed by atoms with Crippen LogP contribution < -0.4 is 5.32 Å². The molecule has 46 heavy (non-hydrogen) atoms. The molecule has 1 N–H and O–H groups in total. The minimum Gasteiger partial charge on any atom is -0.381 e. The highest BCUT2D eigenvalue weighted by Gasteiger charge is 2.25. The third-order valence-electron chi connectivity index (χ3n) is 10.3. The first kappa shape index (κ1) is 28.6. The number of aryl methyl sites for hydroxylation is 2. The Morgan fingerprint density at radius 3 is 2.33 bits per heavy atom. The lowest BCUT2D eigenvalue weighted by Gasteiger charge is -2.30. The van der Waals surface area contributed by atoms with Gasteiger partial charge in [-0.25, -0.2) is 0 Å². The molecule has 0 spiro atoms. The number of nitrogens with one attached hydrogen (secondary N) is 1. The normalized spacial score (nSPS) is 15.0. The molecule has 0 saturated heterocycles. The van der Waals surface area contributed by atoms with Gasteiger partial charge in [0.25, 0.3) is 0 Å². The second-order valence-electron chi connectivity index (χ2n) is 13.3. The van der Waals surface area contributed by atoms with Crippen LogP contribution in [-0.2, 0) is 6.42 Å². The summed E-state index contributed by atoms with van der Waals surface area (Å²) < 4.78 is 2.47. The Bertz CT molecular complexity index is 2170. The van der Waals surface area contributed by atoms with Crippen LogP contribution >= 0.6 is 0 Å². The zero-order chi connectivity index (χ0) is 31.2. The molecule has 1 saturated carbocycles. The summed E-state index contributed by atoms with van der Waals surface area (Å²) in [5, 5.41) is 6.30. The first-order valence-electron chi connectivity index (χ1n) is 17.1. The van der Waals surface area contributed by atoms with Gasteiger partial charge in [-0.15, -0.1) is 0 Å². The third kappa shape index (κ3) is 4.88. The van der Waals surface area contributed by atoms with E-state index in [2.05, 4.69) is 146 Å². The van der Waals surface area contributed by atoms with Crippen molar-refractivity contribution in [2.45, 2.75) is 58.8 Å². The van der Waals surface area contributed by atoms with Gasteiger partial charge in [0, 0.05) is 34.3 Å². The minimum absolute atomic E-state index is 0.658. The third-order valence-corrected chi connectivity index (χ3v) is 10.3. The van der Waals surface area contributed by atoms with Crippen molar-refractivity contribution in [1.29, 1.82) is 0 Å². The Kier molecular flexibility index (Phi) is 7.37. The molecule has 1 aliphatic heterocycles. The second kappa shape index (κ2) is 11.8. The molecule has 2 aliphatic rings. The highest BCUT2D eigenvalue weighted by Crippen LogP contribution is 2.42. The van der Waals surface area contributed by atoms with Crippen LogP contribution in [0.15, 0.2) is 121 Å². The number of allylic oxidation sites excluding steroid dienone is 2. The predicted molar refractivity (Wildman–Crippen MR) is 197 cm³/mol. The summed E-state index contributed by atoms with van der Waals surface area (Å²) in [6.45, 7) is 7.61. The molecule has 1 aromatic heterocycles. The van der Waals surface area contributed by atoms with Crippen molar-refractivity contribution in [1.82, 2.24) is 9.88 Å². The topological polar surface area (TPSA) is 17.0 Å². The SMILES string of the molecule is CCCc1ccccc1-c1cc(-c2ccc3c(c2)c2ccccc2n3-c2ccc(C3CCC3)c(C3=C(C)C=CCN3)c2)ccc1C. The van der Waals surface area contributed by atoms with Crippen molar-refractivity contribution in [3.8, 4) is 27.9 Å². The van der Waals surface area contributed by atoms with Crippen molar-refractivity contribution in [3.63, 3.8) is 0 Å². The molecule has 0 atom stereocenters. The maximum absolute atomic E-state index is 3.72. The Balaban J connectivity index is 1.28. The van der Waals surface area contributed by atoms with E-state index in [9.17, 15) is 0 Å². The quantitative estimate of drug-likeness (QED) is 0.193. The fourth-order valence-corrected chi connectivity index (χ4v) is 7.69. The average Bonchev–Trinajstić information content (AvgIpc) is 3.39. The van der Waals surface area contributed by atoms with Gasteiger partial charge in [0.15, 0.2) is 0 Å². The van der Waals surface area contributed by atoms with Gasteiger partial charge in [-0.1, -0.05) is 98.6 Å². The zero-order valence-corrected chi connectivity index (χ0v) is 27.2. The Morgan fingerprint density at radius 1 is 0.717 bits per heavy atom. The van der Waals surface area contributed by atoms with E-state index >= 15 is 0 Å². The minimum atomic E-state index is 0.658. The van der Waals surface area contributed by atoms with Gasteiger partial charge >= 0.3 is 0 Å². The highest BCUT2D eigenvalue weighted by atomic mass is 15.0.